The number of hydrogen-bond acceptors (Lipinski definition) is 6. The van der Waals surface area contributed by atoms with E-state index in [9.17, 15) is 22.8 Å². The summed E-state index contributed by atoms with van der Waals surface area (Å²) in [4.78, 5) is 32.7. The topological polar surface area (TPSA) is 119 Å². The molecule has 3 aromatic carbocycles. The molecule has 1 aromatic heterocycles. The Kier molecular flexibility index (Phi) is 7.00. The Morgan fingerprint density at radius 3 is 2.36 bits per heavy atom. The number of aromatic nitrogens is 2. The van der Waals surface area contributed by atoms with Crippen LogP contribution in [-0.2, 0) is 11.2 Å². The van der Waals surface area contributed by atoms with E-state index in [2.05, 4.69) is 25.3 Å². The second-order valence-corrected chi connectivity index (χ2v) is 7.77. The van der Waals surface area contributed by atoms with Crippen LogP contribution in [0.1, 0.15) is 15.9 Å². The maximum Gasteiger partial charge on any atom is 0.573 e. The van der Waals surface area contributed by atoms with E-state index in [1.165, 1.54) is 24.5 Å². The average molecular weight is 495 g/mol. The van der Waals surface area contributed by atoms with E-state index in [0.717, 1.165) is 22.4 Å². The van der Waals surface area contributed by atoms with Gasteiger partial charge in [0.1, 0.15) is 6.04 Å². The molecule has 4 aromatic rings. The van der Waals surface area contributed by atoms with Gasteiger partial charge in [0, 0.05) is 24.4 Å². The van der Waals surface area contributed by atoms with E-state index in [1.54, 1.807) is 6.07 Å². The molecule has 0 radical (unpaired) electrons. The first kappa shape index (κ1) is 24.5. The van der Waals surface area contributed by atoms with Gasteiger partial charge in [0.2, 0.25) is 11.9 Å². The summed E-state index contributed by atoms with van der Waals surface area (Å²) in [5.74, 6) is -2.23. The van der Waals surface area contributed by atoms with Gasteiger partial charge in [0.05, 0.1) is 5.69 Å². The largest absolute Gasteiger partial charge is 0.573 e. The molecule has 11 heteroatoms. The number of nitrogens with zero attached hydrogens (tertiary/aromatic N) is 2. The highest BCUT2D eigenvalue weighted by atomic mass is 19.4. The minimum Gasteiger partial charge on any atom is -0.404 e. The highest BCUT2D eigenvalue weighted by Gasteiger charge is 2.33. The third-order valence-corrected chi connectivity index (χ3v) is 5.18. The van der Waals surface area contributed by atoms with Gasteiger partial charge in [-0.05, 0) is 40.6 Å². The summed E-state index contributed by atoms with van der Waals surface area (Å²) in [6, 6.07) is 17.0. The van der Waals surface area contributed by atoms with Crippen LogP contribution in [0.3, 0.4) is 0 Å². The number of nitrogens with one attached hydrogen (secondary N) is 2. The van der Waals surface area contributed by atoms with Gasteiger partial charge >= 0.3 is 6.36 Å². The summed E-state index contributed by atoms with van der Waals surface area (Å²) in [7, 11) is 0. The quantitative estimate of drug-likeness (QED) is 0.339. The molecule has 0 aliphatic heterocycles. The van der Waals surface area contributed by atoms with Crippen molar-refractivity contribution in [3.63, 3.8) is 0 Å². The van der Waals surface area contributed by atoms with Crippen LogP contribution in [0.4, 0.5) is 24.8 Å². The van der Waals surface area contributed by atoms with E-state index < -0.39 is 30.0 Å². The van der Waals surface area contributed by atoms with Crippen molar-refractivity contribution in [1.29, 1.82) is 0 Å². The Morgan fingerprint density at radius 2 is 1.67 bits per heavy atom. The van der Waals surface area contributed by atoms with E-state index in [4.69, 9.17) is 5.73 Å². The number of benzene rings is 3. The summed E-state index contributed by atoms with van der Waals surface area (Å²) >= 11 is 0. The van der Waals surface area contributed by atoms with E-state index in [1.807, 2.05) is 42.5 Å². The number of amides is 2. The Morgan fingerprint density at radius 1 is 0.944 bits per heavy atom. The molecule has 4 N–H and O–H groups in total. The summed E-state index contributed by atoms with van der Waals surface area (Å²) in [5.41, 5.74) is 5.97. The average Bonchev–Trinajstić information content (AvgIpc) is 2.84. The molecule has 4 rings (SSSR count). The molecule has 0 saturated carbocycles. The molecule has 1 heterocycles. The number of rotatable bonds is 8. The number of fused-ring (bicyclic) bond motifs is 1. The highest BCUT2D eigenvalue weighted by molar-refractivity contribution is 5.98. The number of alkyl halides is 3. The first-order valence-corrected chi connectivity index (χ1v) is 10.7. The van der Waals surface area contributed by atoms with Crippen LogP contribution in [0.25, 0.3) is 10.8 Å². The molecule has 184 valence electrons. The summed E-state index contributed by atoms with van der Waals surface area (Å²) in [6.45, 7) is 0. The maximum atomic E-state index is 13.0. The summed E-state index contributed by atoms with van der Waals surface area (Å²) < 4.78 is 43.2. The lowest BCUT2D eigenvalue weighted by Crippen LogP contribution is -2.45. The number of hydrogen-bond donors (Lipinski definition) is 3. The number of carbonyl (C=O) groups excluding carboxylic acids is 2. The van der Waals surface area contributed by atoms with Gasteiger partial charge in [-0.3, -0.25) is 9.59 Å². The van der Waals surface area contributed by atoms with Crippen molar-refractivity contribution in [2.75, 3.05) is 5.32 Å². The molecular weight excluding hydrogens is 475 g/mol. The molecule has 8 nitrogen and oxygen atoms in total. The van der Waals surface area contributed by atoms with Crippen molar-refractivity contribution in [3.8, 4) is 5.75 Å². The second-order valence-electron chi connectivity index (χ2n) is 7.77. The van der Waals surface area contributed by atoms with Crippen LogP contribution in [-0.4, -0.2) is 34.2 Å². The number of ether oxygens (including phenoxy) is 1. The number of anilines is 2. The molecular formula is C25H20F3N5O3. The van der Waals surface area contributed by atoms with Crippen LogP contribution >= 0.6 is 0 Å². The lowest BCUT2D eigenvalue weighted by Gasteiger charge is -2.18. The lowest BCUT2D eigenvalue weighted by molar-refractivity contribution is -0.274. The number of halogens is 3. The standard InChI is InChI=1S/C25H20F3N5O3/c26-25(27,28)36-21-14-18(8-9-19(21)33-24-30-10-3-11-31-24)23(35)32-20(22(29)34)13-15-6-7-16-4-1-2-5-17(16)12-15/h1-12,14,20H,13H2,(H2,29,34)(H,32,35)(H,30,31,33)/t20-/m0/s1. The second kappa shape index (κ2) is 10.3. The molecule has 2 amide bonds. The summed E-state index contributed by atoms with van der Waals surface area (Å²) in [5, 5.41) is 7.06. The molecule has 0 spiro atoms. The van der Waals surface area contributed by atoms with Gasteiger partial charge in [-0.15, -0.1) is 13.2 Å². The normalized spacial score (nSPS) is 12.1. The third kappa shape index (κ3) is 6.26. The van der Waals surface area contributed by atoms with Crippen LogP contribution in [0.2, 0.25) is 0 Å². The van der Waals surface area contributed by atoms with Gasteiger partial charge < -0.3 is 21.1 Å². The van der Waals surface area contributed by atoms with Crippen molar-refractivity contribution in [2.45, 2.75) is 18.8 Å². The van der Waals surface area contributed by atoms with Gasteiger partial charge in [-0.2, -0.15) is 0 Å². The molecule has 0 saturated heterocycles. The predicted octanol–water partition coefficient (Wildman–Crippen LogP) is 4.10. The zero-order valence-corrected chi connectivity index (χ0v) is 18.6. The third-order valence-electron chi connectivity index (χ3n) is 5.18. The fraction of sp³-hybridized carbons (Fsp3) is 0.120. The predicted molar refractivity (Wildman–Crippen MR) is 127 cm³/mol. The van der Waals surface area contributed by atoms with Crippen LogP contribution in [0.5, 0.6) is 5.75 Å². The van der Waals surface area contributed by atoms with Crippen molar-refractivity contribution >= 4 is 34.2 Å². The van der Waals surface area contributed by atoms with Gasteiger partial charge in [-0.25, -0.2) is 9.97 Å². The Labute approximate surface area is 203 Å². The molecule has 1 atom stereocenters. The van der Waals surface area contributed by atoms with E-state index >= 15 is 0 Å². The molecule has 0 unspecified atom stereocenters. The zero-order chi connectivity index (χ0) is 25.7. The first-order valence-electron chi connectivity index (χ1n) is 10.7. The Balaban J connectivity index is 1.55. The fourth-order valence-corrected chi connectivity index (χ4v) is 3.53. The van der Waals surface area contributed by atoms with Crippen LogP contribution in [0, 0.1) is 0 Å². The minimum atomic E-state index is -5.02. The van der Waals surface area contributed by atoms with E-state index in [0.29, 0.717) is 0 Å². The van der Waals surface area contributed by atoms with Crippen LogP contribution < -0.4 is 21.1 Å². The van der Waals surface area contributed by atoms with Crippen LogP contribution in [0.15, 0.2) is 79.1 Å². The van der Waals surface area contributed by atoms with Gasteiger partial charge in [0.15, 0.2) is 5.75 Å². The lowest BCUT2D eigenvalue weighted by atomic mass is 10.0. The molecule has 0 bridgehead atoms. The maximum absolute atomic E-state index is 13.0. The smallest absolute Gasteiger partial charge is 0.404 e. The molecule has 0 fully saturated rings. The van der Waals surface area contributed by atoms with Gasteiger partial charge in [0.25, 0.3) is 5.91 Å². The Hall–Kier alpha value is -4.67. The van der Waals surface area contributed by atoms with Crippen molar-refractivity contribution < 1.29 is 27.5 Å². The molecule has 36 heavy (non-hydrogen) atoms. The summed E-state index contributed by atoms with van der Waals surface area (Å²) in [6.07, 6.45) is -2.11. The SMILES string of the molecule is NC(=O)[C@H](Cc1ccc2ccccc2c1)NC(=O)c1ccc(Nc2ncccn2)c(OC(F)(F)F)c1. The number of carbonyl (C=O) groups is 2. The molecule has 0 aliphatic carbocycles. The highest BCUT2D eigenvalue weighted by Crippen LogP contribution is 2.32. The van der Waals surface area contributed by atoms with Crippen molar-refractivity contribution in [1.82, 2.24) is 15.3 Å². The van der Waals surface area contributed by atoms with Crippen molar-refractivity contribution in [3.05, 3.63) is 90.3 Å². The monoisotopic (exact) mass is 495 g/mol. The van der Waals surface area contributed by atoms with Crippen molar-refractivity contribution in [2.24, 2.45) is 5.73 Å². The molecule has 0 aliphatic rings. The van der Waals surface area contributed by atoms with E-state index in [-0.39, 0.29) is 23.6 Å². The first-order chi connectivity index (χ1) is 17.2. The Bertz CT molecular complexity index is 1400. The zero-order valence-electron chi connectivity index (χ0n) is 18.6. The van der Waals surface area contributed by atoms with Gasteiger partial charge in [-0.1, -0.05) is 42.5 Å². The fourth-order valence-electron chi connectivity index (χ4n) is 3.53. The minimum absolute atomic E-state index is 0.0332. The number of nitrogens with two attached hydrogens (primary N) is 1. The number of primary amides is 1.